The molecule has 0 fully saturated rings. The Hall–Kier alpha value is -1.28. The second-order valence-electron chi connectivity index (χ2n) is 5.29. The van der Waals surface area contributed by atoms with Crippen molar-refractivity contribution in [3.05, 3.63) is 66.3 Å². The molecule has 1 N–H and O–H groups in total. The van der Waals surface area contributed by atoms with Crippen molar-refractivity contribution in [2.24, 2.45) is 0 Å². The van der Waals surface area contributed by atoms with Gasteiger partial charge in [0.15, 0.2) is 0 Å². The van der Waals surface area contributed by atoms with Crippen LogP contribution in [0.1, 0.15) is 5.56 Å². The predicted molar refractivity (Wildman–Crippen MR) is 109 cm³/mol. The maximum atomic E-state index is 12.8. The van der Waals surface area contributed by atoms with Crippen molar-refractivity contribution in [2.75, 3.05) is 10.2 Å². The molecule has 2 aromatic rings. The summed E-state index contributed by atoms with van der Waals surface area (Å²) in [5, 5.41) is 3.12. The summed E-state index contributed by atoms with van der Waals surface area (Å²) in [5.41, 5.74) is 1.81. The van der Waals surface area contributed by atoms with Crippen LogP contribution in [0.25, 0.3) is 0 Å². The van der Waals surface area contributed by atoms with E-state index < -0.39 is 11.8 Å². The molecule has 8 heteroatoms. The first-order chi connectivity index (χ1) is 11.8. The maximum Gasteiger partial charge on any atom is 0.283 e. The van der Waals surface area contributed by atoms with Crippen LogP contribution in [0.2, 0.25) is 10.0 Å². The van der Waals surface area contributed by atoms with Gasteiger partial charge in [-0.2, -0.15) is 0 Å². The number of anilines is 2. The highest BCUT2D eigenvalue weighted by Crippen LogP contribution is 2.37. The van der Waals surface area contributed by atoms with Gasteiger partial charge in [-0.3, -0.25) is 9.59 Å². The van der Waals surface area contributed by atoms with Gasteiger partial charge in [0.05, 0.1) is 15.7 Å². The Kier molecular flexibility index (Phi) is 5.29. The SMILES string of the molecule is Cc1cc(I)ccc1NC1=C(Cl)C(=O)N(c2cccc(Cl)c2Cl)C1=O. The average Bonchev–Trinajstić information content (AvgIpc) is 2.76. The van der Waals surface area contributed by atoms with E-state index in [4.69, 9.17) is 34.8 Å². The van der Waals surface area contributed by atoms with E-state index >= 15 is 0 Å². The molecular formula is C17H10Cl3IN2O2. The highest BCUT2D eigenvalue weighted by Gasteiger charge is 2.40. The zero-order valence-electron chi connectivity index (χ0n) is 12.7. The Morgan fingerprint density at radius 3 is 2.44 bits per heavy atom. The molecular weight excluding hydrogens is 497 g/mol. The molecule has 0 atom stereocenters. The van der Waals surface area contributed by atoms with Crippen molar-refractivity contribution >= 4 is 80.6 Å². The molecule has 0 aromatic heterocycles. The molecule has 0 aliphatic carbocycles. The number of imide groups is 1. The van der Waals surface area contributed by atoms with Crippen LogP contribution in [0.3, 0.4) is 0 Å². The molecule has 4 nitrogen and oxygen atoms in total. The predicted octanol–water partition coefficient (Wildman–Crippen LogP) is 5.34. The molecule has 0 bridgehead atoms. The van der Waals surface area contributed by atoms with Crippen LogP contribution < -0.4 is 10.2 Å². The van der Waals surface area contributed by atoms with E-state index in [-0.39, 0.29) is 26.5 Å². The molecule has 2 aromatic carbocycles. The number of carbonyl (C=O) groups is 2. The standard InChI is InChI=1S/C17H10Cl3IN2O2/c1-8-7-9(21)5-6-11(8)22-15-14(20)16(24)23(17(15)25)12-4-2-3-10(18)13(12)19/h2-7,22H,1H3. The summed E-state index contributed by atoms with van der Waals surface area (Å²) < 4.78 is 1.06. The molecule has 0 saturated heterocycles. The van der Waals surface area contributed by atoms with E-state index in [1.807, 2.05) is 25.1 Å². The summed E-state index contributed by atoms with van der Waals surface area (Å²) in [5.74, 6) is -1.24. The third kappa shape index (κ3) is 3.38. The number of halogens is 4. The molecule has 25 heavy (non-hydrogen) atoms. The van der Waals surface area contributed by atoms with Crippen molar-refractivity contribution in [1.29, 1.82) is 0 Å². The number of benzene rings is 2. The van der Waals surface area contributed by atoms with E-state index in [9.17, 15) is 9.59 Å². The van der Waals surface area contributed by atoms with E-state index in [2.05, 4.69) is 27.9 Å². The van der Waals surface area contributed by atoms with Gasteiger partial charge in [0.2, 0.25) is 0 Å². The van der Waals surface area contributed by atoms with Gasteiger partial charge in [-0.25, -0.2) is 4.90 Å². The lowest BCUT2D eigenvalue weighted by Crippen LogP contribution is -2.32. The average molecular weight is 508 g/mol. The molecule has 0 saturated carbocycles. The Labute approximate surface area is 172 Å². The van der Waals surface area contributed by atoms with Gasteiger partial charge in [0.1, 0.15) is 10.7 Å². The number of carbonyl (C=O) groups excluding carboxylic acids is 2. The maximum absolute atomic E-state index is 12.8. The lowest BCUT2D eigenvalue weighted by molar-refractivity contribution is -0.120. The van der Waals surface area contributed by atoms with Crippen molar-refractivity contribution in [2.45, 2.75) is 6.92 Å². The fraction of sp³-hybridized carbons (Fsp3) is 0.0588. The van der Waals surface area contributed by atoms with Gasteiger partial charge in [-0.15, -0.1) is 0 Å². The fourth-order valence-electron chi connectivity index (χ4n) is 2.40. The Bertz CT molecular complexity index is 943. The van der Waals surface area contributed by atoms with Gasteiger partial charge in [0, 0.05) is 9.26 Å². The van der Waals surface area contributed by atoms with E-state index in [0.717, 1.165) is 14.0 Å². The summed E-state index contributed by atoms with van der Waals surface area (Å²) in [6.45, 7) is 1.89. The van der Waals surface area contributed by atoms with Crippen LogP contribution in [-0.2, 0) is 9.59 Å². The van der Waals surface area contributed by atoms with Crippen LogP contribution in [0.4, 0.5) is 11.4 Å². The second kappa shape index (κ2) is 7.15. The molecule has 3 rings (SSSR count). The highest BCUT2D eigenvalue weighted by atomic mass is 127. The third-order valence-electron chi connectivity index (χ3n) is 3.65. The zero-order valence-corrected chi connectivity index (χ0v) is 17.2. The molecule has 128 valence electrons. The Morgan fingerprint density at radius 2 is 1.76 bits per heavy atom. The molecule has 1 heterocycles. The number of nitrogens with zero attached hydrogens (tertiary/aromatic N) is 1. The summed E-state index contributed by atoms with van der Waals surface area (Å²) in [4.78, 5) is 26.2. The molecule has 0 spiro atoms. The quantitative estimate of drug-likeness (QED) is 0.451. The largest absolute Gasteiger partial charge is 0.349 e. The number of rotatable bonds is 3. The van der Waals surface area contributed by atoms with Gasteiger partial charge >= 0.3 is 0 Å². The van der Waals surface area contributed by atoms with Gasteiger partial charge in [-0.05, 0) is 65.4 Å². The monoisotopic (exact) mass is 506 g/mol. The number of aryl methyl sites for hydroxylation is 1. The minimum atomic E-state index is -0.651. The van der Waals surface area contributed by atoms with Crippen LogP contribution in [0.15, 0.2) is 47.1 Å². The smallest absolute Gasteiger partial charge is 0.283 e. The Morgan fingerprint density at radius 1 is 1.04 bits per heavy atom. The van der Waals surface area contributed by atoms with E-state index in [0.29, 0.717) is 5.69 Å². The van der Waals surface area contributed by atoms with Crippen LogP contribution >= 0.6 is 57.4 Å². The fourth-order valence-corrected chi connectivity index (χ4v) is 3.64. The first-order valence-electron chi connectivity index (χ1n) is 7.07. The number of hydrogen-bond donors (Lipinski definition) is 1. The minimum Gasteiger partial charge on any atom is -0.349 e. The summed E-state index contributed by atoms with van der Waals surface area (Å²) in [7, 11) is 0. The van der Waals surface area contributed by atoms with Crippen LogP contribution in [0.5, 0.6) is 0 Å². The van der Waals surface area contributed by atoms with Crippen molar-refractivity contribution in [3.63, 3.8) is 0 Å². The van der Waals surface area contributed by atoms with Gasteiger partial charge in [-0.1, -0.05) is 40.9 Å². The van der Waals surface area contributed by atoms with Crippen LogP contribution in [-0.4, -0.2) is 11.8 Å². The third-order valence-corrected chi connectivity index (χ3v) is 5.48. The number of hydrogen-bond acceptors (Lipinski definition) is 3. The summed E-state index contributed by atoms with van der Waals surface area (Å²) >= 11 is 20.4. The number of amides is 2. The van der Waals surface area contributed by atoms with Crippen molar-refractivity contribution in [1.82, 2.24) is 0 Å². The molecule has 0 radical (unpaired) electrons. The topological polar surface area (TPSA) is 49.4 Å². The zero-order chi connectivity index (χ0) is 18.3. The molecule has 0 unspecified atom stereocenters. The first-order valence-corrected chi connectivity index (χ1v) is 9.28. The van der Waals surface area contributed by atoms with Crippen LogP contribution in [0, 0.1) is 10.5 Å². The first kappa shape index (κ1) is 18.5. The minimum absolute atomic E-state index is 0.00650. The normalized spacial score (nSPS) is 14.5. The summed E-state index contributed by atoms with van der Waals surface area (Å²) in [6.07, 6.45) is 0. The molecule has 1 aliphatic heterocycles. The van der Waals surface area contributed by atoms with Gasteiger partial charge < -0.3 is 5.32 Å². The second-order valence-corrected chi connectivity index (χ2v) is 7.70. The Balaban J connectivity index is 1.98. The lowest BCUT2D eigenvalue weighted by atomic mass is 10.2. The highest BCUT2D eigenvalue weighted by molar-refractivity contribution is 14.1. The van der Waals surface area contributed by atoms with Crippen molar-refractivity contribution in [3.8, 4) is 0 Å². The molecule has 1 aliphatic rings. The lowest BCUT2D eigenvalue weighted by Gasteiger charge is -2.17. The molecule has 2 amide bonds. The van der Waals surface area contributed by atoms with E-state index in [1.165, 1.54) is 6.07 Å². The van der Waals surface area contributed by atoms with Gasteiger partial charge in [0.25, 0.3) is 11.8 Å². The summed E-state index contributed by atoms with van der Waals surface area (Å²) in [6, 6.07) is 10.4. The van der Waals surface area contributed by atoms with Crippen molar-refractivity contribution < 1.29 is 9.59 Å². The number of nitrogens with one attached hydrogen (secondary N) is 1. The van der Waals surface area contributed by atoms with E-state index in [1.54, 1.807) is 12.1 Å².